The van der Waals surface area contributed by atoms with Gasteiger partial charge in [0.1, 0.15) is 0 Å². The number of carbonyl (C=O) groups is 1. The number of rotatable bonds is 7. The Kier molecular flexibility index (Phi) is 6.65. The van der Waals surface area contributed by atoms with Crippen LogP contribution in [0.2, 0.25) is 0 Å². The molecule has 20 heavy (non-hydrogen) atoms. The van der Waals surface area contributed by atoms with Gasteiger partial charge in [-0.05, 0) is 17.9 Å². The highest BCUT2D eigenvalue weighted by molar-refractivity contribution is 7.80. The van der Waals surface area contributed by atoms with E-state index in [-0.39, 0.29) is 10.9 Å². The molecule has 0 bridgehead atoms. The molecule has 1 aromatic rings. The van der Waals surface area contributed by atoms with Gasteiger partial charge in [-0.1, -0.05) is 62.8 Å². The maximum absolute atomic E-state index is 12.5. The van der Waals surface area contributed by atoms with Crippen molar-refractivity contribution in [2.45, 2.75) is 26.7 Å². The number of hydrogen-bond acceptors (Lipinski definition) is 2. The maximum atomic E-state index is 12.5. The molecule has 0 spiro atoms. The van der Waals surface area contributed by atoms with Crippen LogP contribution in [0.1, 0.15) is 25.8 Å². The largest absolute Gasteiger partial charge is 0.393 e. The second-order valence-corrected chi connectivity index (χ2v) is 5.85. The lowest BCUT2D eigenvalue weighted by Gasteiger charge is -2.25. The molecule has 110 valence electrons. The van der Waals surface area contributed by atoms with Gasteiger partial charge in [-0.3, -0.25) is 4.79 Å². The molecule has 0 aliphatic rings. The summed E-state index contributed by atoms with van der Waals surface area (Å²) < 4.78 is 0. The normalized spacial score (nSPS) is 13.6. The number of nitrogens with zero attached hydrogens (tertiary/aromatic N) is 1. The summed E-state index contributed by atoms with van der Waals surface area (Å²) in [7, 11) is 1.82. The minimum atomic E-state index is -0.415. The van der Waals surface area contributed by atoms with Crippen LogP contribution >= 0.6 is 12.2 Å². The molecule has 0 radical (unpaired) electrons. The van der Waals surface area contributed by atoms with Crippen molar-refractivity contribution in [3.63, 3.8) is 0 Å². The van der Waals surface area contributed by atoms with Crippen molar-refractivity contribution in [2.24, 2.45) is 17.6 Å². The van der Waals surface area contributed by atoms with Crippen LogP contribution in [0.4, 0.5) is 0 Å². The zero-order valence-electron chi connectivity index (χ0n) is 12.5. The van der Waals surface area contributed by atoms with Gasteiger partial charge in [0.25, 0.3) is 0 Å². The highest BCUT2D eigenvalue weighted by atomic mass is 32.1. The summed E-state index contributed by atoms with van der Waals surface area (Å²) in [5.41, 5.74) is 6.85. The first-order valence-corrected chi connectivity index (χ1v) is 7.44. The third-order valence-electron chi connectivity index (χ3n) is 3.58. The van der Waals surface area contributed by atoms with Crippen molar-refractivity contribution in [1.82, 2.24) is 4.90 Å². The molecule has 0 saturated heterocycles. The number of thiocarbonyl (C=S) groups is 1. The fraction of sp³-hybridized carbons (Fsp3) is 0.500. The topological polar surface area (TPSA) is 46.3 Å². The number of nitrogens with two attached hydrogens (primary N) is 1. The Balaban J connectivity index is 2.75. The van der Waals surface area contributed by atoms with E-state index in [2.05, 4.69) is 13.8 Å². The number of hydrogen-bond donors (Lipinski definition) is 1. The summed E-state index contributed by atoms with van der Waals surface area (Å²) in [5, 5.41) is 0. The van der Waals surface area contributed by atoms with Gasteiger partial charge >= 0.3 is 0 Å². The van der Waals surface area contributed by atoms with E-state index in [1.807, 2.05) is 37.4 Å². The van der Waals surface area contributed by atoms with Gasteiger partial charge in [0.15, 0.2) is 0 Å². The minimum Gasteiger partial charge on any atom is -0.393 e. The van der Waals surface area contributed by atoms with E-state index in [1.165, 1.54) is 0 Å². The second-order valence-electron chi connectivity index (χ2n) is 5.38. The van der Waals surface area contributed by atoms with Gasteiger partial charge in [-0.2, -0.15) is 0 Å². The van der Waals surface area contributed by atoms with Crippen LogP contribution in [0.3, 0.4) is 0 Å². The van der Waals surface area contributed by atoms with Crippen LogP contribution in [-0.2, 0) is 11.2 Å². The predicted octanol–water partition coefficient (Wildman–Crippen LogP) is 2.64. The molecule has 1 amide bonds. The van der Waals surface area contributed by atoms with E-state index in [4.69, 9.17) is 18.0 Å². The predicted molar refractivity (Wildman–Crippen MR) is 87.5 cm³/mol. The Morgan fingerprint density at radius 1 is 1.35 bits per heavy atom. The van der Waals surface area contributed by atoms with Crippen molar-refractivity contribution >= 4 is 23.1 Å². The van der Waals surface area contributed by atoms with Crippen molar-refractivity contribution in [1.29, 1.82) is 0 Å². The van der Waals surface area contributed by atoms with E-state index in [1.54, 1.807) is 4.90 Å². The average Bonchev–Trinajstić information content (AvgIpc) is 2.44. The Morgan fingerprint density at radius 2 is 1.95 bits per heavy atom. The van der Waals surface area contributed by atoms with Gasteiger partial charge in [-0.15, -0.1) is 0 Å². The second kappa shape index (κ2) is 8.00. The van der Waals surface area contributed by atoms with Gasteiger partial charge in [-0.25, -0.2) is 0 Å². The molecule has 0 aliphatic heterocycles. The first-order chi connectivity index (χ1) is 9.45. The van der Waals surface area contributed by atoms with Crippen molar-refractivity contribution in [3.05, 3.63) is 35.9 Å². The summed E-state index contributed by atoms with van der Waals surface area (Å²) in [6.45, 7) is 5.00. The lowest BCUT2D eigenvalue weighted by atomic mass is 9.97. The van der Waals surface area contributed by atoms with Gasteiger partial charge in [0.05, 0.1) is 10.9 Å². The first kappa shape index (κ1) is 16.6. The quantitative estimate of drug-likeness (QED) is 0.786. The molecule has 1 rings (SSSR count). The molecule has 2 atom stereocenters. The van der Waals surface area contributed by atoms with Crippen LogP contribution in [0.5, 0.6) is 0 Å². The molecule has 1 aromatic carbocycles. The van der Waals surface area contributed by atoms with E-state index < -0.39 is 5.92 Å². The molecular formula is C16H24N2OS. The fourth-order valence-corrected chi connectivity index (χ4v) is 2.30. The molecule has 0 aliphatic carbocycles. The average molecular weight is 292 g/mol. The van der Waals surface area contributed by atoms with Gasteiger partial charge < -0.3 is 10.6 Å². The van der Waals surface area contributed by atoms with Gasteiger partial charge in [0, 0.05) is 13.6 Å². The Morgan fingerprint density at radius 3 is 2.45 bits per heavy atom. The van der Waals surface area contributed by atoms with Crippen LogP contribution < -0.4 is 5.73 Å². The molecule has 2 N–H and O–H groups in total. The molecule has 0 aromatic heterocycles. The SMILES string of the molecule is CCC(C)CN(C)C(=O)C(Cc1ccccc1)C(N)=S. The van der Waals surface area contributed by atoms with Crippen LogP contribution in [0, 0.1) is 11.8 Å². The molecule has 2 unspecified atom stereocenters. The van der Waals surface area contributed by atoms with Gasteiger partial charge in [0.2, 0.25) is 5.91 Å². The number of benzene rings is 1. The molecule has 0 fully saturated rings. The zero-order chi connectivity index (χ0) is 15.1. The monoisotopic (exact) mass is 292 g/mol. The van der Waals surface area contributed by atoms with Crippen molar-refractivity contribution in [2.75, 3.05) is 13.6 Å². The molecule has 4 heteroatoms. The lowest BCUT2D eigenvalue weighted by Crippen LogP contribution is -2.41. The lowest BCUT2D eigenvalue weighted by molar-refractivity contribution is -0.132. The van der Waals surface area contributed by atoms with Crippen LogP contribution in [-0.4, -0.2) is 29.4 Å². The van der Waals surface area contributed by atoms with E-state index in [0.717, 1.165) is 18.5 Å². The van der Waals surface area contributed by atoms with Crippen molar-refractivity contribution < 1.29 is 4.79 Å². The highest BCUT2D eigenvalue weighted by Gasteiger charge is 2.25. The highest BCUT2D eigenvalue weighted by Crippen LogP contribution is 2.13. The van der Waals surface area contributed by atoms with E-state index >= 15 is 0 Å². The smallest absolute Gasteiger partial charge is 0.232 e. The number of carbonyl (C=O) groups excluding carboxylic acids is 1. The molecule has 0 heterocycles. The summed E-state index contributed by atoms with van der Waals surface area (Å²) in [5.74, 6) is 0.0794. The summed E-state index contributed by atoms with van der Waals surface area (Å²) in [4.78, 5) is 14.5. The zero-order valence-corrected chi connectivity index (χ0v) is 13.3. The summed E-state index contributed by atoms with van der Waals surface area (Å²) >= 11 is 5.08. The third kappa shape index (κ3) is 4.93. The summed E-state index contributed by atoms with van der Waals surface area (Å²) in [6.07, 6.45) is 1.62. The Labute approximate surface area is 127 Å². The Hall–Kier alpha value is -1.42. The number of amides is 1. The first-order valence-electron chi connectivity index (χ1n) is 7.03. The Bertz CT molecular complexity index is 447. The summed E-state index contributed by atoms with van der Waals surface area (Å²) in [6, 6.07) is 9.86. The maximum Gasteiger partial charge on any atom is 0.232 e. The molecule has 3 nitrogen and oxygen atoms in total. The van der Waals surface area contributed by atoms with E-state index in [9.17, 15) is 4.79 Å². The molecular weight excluding hydrogens is 268 g/mol. The minimum absolute atomic E-state index is 0.0154. The fourth-order valence-electron chi connectivity index (χ4n) is 2.11. The third-order valence-corrected chi connectivity index (χ3v) is 3.87. The van der Waals surface area contributed by atoms with Crippen LogP contribution in [0.15, 0.2) is 30.3 Å². The molecule has 0 saturated carbocycles. The van der Waals surface area contributed by atoms with E-state index in [0.29, 0.717) is 12.3 Å². The van der Waals surface area contributed by atoms with Crippen LogP contribution in [0.25, 0.3) is 0 Å². The standard InChI is InChI=1S/C16H24N2OS/c1-4-12(2)11-18(3)16(19)14(15(17)20)10-13-8-6-5-7-9-13/h5-9,12,14H,4,10-11H2,1-3H3,(H2,17,20). The van der Waals surface area contributed by atoms with Crippen molar-refractivity contribution in [3.8, 4) is 0 Å².